The van der Waals surface area contributed by atoms with Crippen LogP contribution in [0, 0.1) is 27.6 Å². The van der Waals surface area contributed by atoms with Crippen molar-refractivity contribution in [3.63, 3.8) is 0 Å². The summed E-state index contributed by atoms with van der Waals surface area (Å²) >= 11 is 0. The molecule has 1 aromatic heterocycles. The van der Waals surface area contributed by atoms with Crippen molar-refractivity contribution in [2.75, 3.05) is 6.61 Å². The monoisotopic (exact) mass is 404 g/mol. The molecule has 6 rings (SSSR count). The number of carbonyl (C=O) groups is 2. The van der Waals surface area contributed by atoms with Crippen LogP contribution < -0.4 is 0 Å². The molecule has 4 nitrogen and oxygen atoms in total. The summed E-state index contributed by atoms with van der Waals surface area (Å²) in [7, 11) is 0. The van der Waals surface area contributed by atoms with Crippen molar-refractivity contribution in [3.8, 4) is 0 Å². The summed E-state index contributed by atoms with van der Waals surface area (Å²) < 4.78 is 11.5. The lowest BCUT2D eigenvalue weighted by Crippen LogP contribution is -2.60. The first kappa shape index (κ1) is 18.4. The van der Waals surface area contributed by atoms with E-state index in [-0.39, 0.29) is 28.3 Å². The van der Waals surface area contributed by atoms with Gasteiger partial charge in [-0.3, -0.25) is 9.59 Å². The van der Waals surface area contributed by atoms with E-state index in [9.17, 15) is 9.59 Å². The fraction of sp³-hybridized carbons (Fsp3) is 0.538. The molecule has 5 aliphatic rings. The number of rotatable bonds is 1. The van der Waals surface area contributed by atoms with Crippen LogP contribution in [0.2, 0.25) is 0 Å². The molecule has 1 aliphatic heterocycles. The third-order valence-electron chi connectivity index (χ3n) is 9.42. The molecular formula is C26H28O4. The molecular weight excluding hydrogens is 376 g/mol. The highest BCUT2D eigenvalue weighted by Crippen LogP contribution is 2.72. The number of carbonyl (C=O) groups excluding carboxylic acids is 2. The van der Waals surface area contributed by atoms with Gasteiger partial charge in [0, 0.05) is 11.0 Å². The first-order chi connectivity index (χ1) is 14.2. The molecule has 2 heterocycles. The molecule has 30 heavy (non-hydrogen) atoms. The van der Waals surface area contributed by atoms with Gasteiger partial charge >= 0.3 is 0 Å². The highest BCUT2D eigenvalue weighted by Gasteiger charge is 2.70. The lowest BCUT2D eigenvalue weighted by molar-refractivity contribution is -0.141. The largest absolute Gasteiger partial charge is 0.489 e. The van der Waals surface area contributed by atoms with E-state index in [1.807, 2.05) is 18.4 Å². The van der Waals surface area contributed by atoms with Crippen LogP contribution in [0.25, 0.3) is 0 Å². The van der Waals surface area contributed by atoms with E-state index in [2.05, 4.69) is 33.8 Å². The Balaban J connectivity index is 1.55. The van der Waals surface area contributed by atoms with Crippen molar-refractivity contribution >= 4 is 11.6 Å². The molecule has 156 valence electrons. The second-order valence-corrected chi connectivity index (χ2v) is 10.8. The minimum absolute atomic E-state index is 0.0443. The van der Waals surface area contributed by atoms with E-state index in [4.69, 9.17) is 9.15 Å². The summed E-state index contributed by atoms with van der Waals surface area (Å²) in [6.07, 6.45) is 12.3. The standard InChI is InChI=1S/C26H28O4/c1-23-10-8-19(27)26(4)18-7-11-24(2)16(15-9-12-29-13-15)5-6-17(24)25(18,3)22(28)20(21(23)26)30-14-23/h6,8-10,12-13,16,18H,5,7,11,14H2,1-4H3/t16-,18-,23-,24-,25-,26-/m1/s1. The van der Waals surface area contributed by atoms with Crippen molar-refractivity contribution in [1.82, 2.24) is 0 Å². The van der Waals surface area contributed by atoms with Crippen LogP contribution >= 0.6 is 0 Å². The Morgan fingerprint density at radius 1 is 1.10 bits per heavy atom. The van der Waals surface area contributed by atoms with E-state index in [1.54, 1.807) is 12.3 Å². The Bertz CT molecular complexity index is 1090. The summed E-state index contributed by atoms with van der Waals surface area (Å²) in [6.45, 7) is 9.00. The third kappa shape index (κ3) is 1.78. The number of hydrogen-bond acceptors (Lipinski definition) is 4. The molecule has 1 fully saturated rings. The zero-order chi connectivity index (χ0) is 21.1. The van der Waals surface area contributed by atoms with E-state index in [1.165, 1.54) is 11.1 Å². The fourth-order valence-corrected chi connectivity index (χ4v) is 7.98. The molecule has 1 saturated carbocycles. The van der Waals surface area contributed by atoms with Gasteiger partial charge in [0.15, 0.2) is 11.5 Å². The number of allylic oxidation sites excluding steroid dienone is 4. The Morgan fingerprint density at radius 3 is 2.63 bits per heavy atom. The quantitative estimate of drug-likeness (QED) is 0.609. The summed E-state index contributed by atoms with van der Waals surface area (Å²) in [5.41, 5.74) is 1.45. The van der Waals surface area contributed by atoms with Gasteiger partial charge in [0.2, 0.25) is 5.78 Å². The van der Waals surface area contributed by atoms with Crippen molar-refractivity contribution in [3.05, 3.63) is 59.3 Å². The number of ketones is 2. The molecule has 4 heteroatoms. The van der Waals surface area contributed by atoms with Crippen molar-refractivity contribution < 1.29 is 18.7 Å². The molecule has 0 N–H and O–H groups in total. The second-order valence-electron chi connectivity index (χ2n) is 10.8. The molecule has 0 saturated heterocycles. The summed E-state index contributed by atoms with van der Waals surface area (Å²) in [6, 6.07) is 2.05. The maximum absolute atomic E-state index is 14.1. The minimum Gasteiger partial charge on any atom is -0.489 e. The first-order valence-electron chi connectivity index (χ1n) is 11.1. The molecule has 0 aromatic carbocycles. The Hall–Kier alpha value is -2.36. The lowest BCUT2D eigenvalue weighted by Gasteiger charge is -2.59. The summed E-state index contributed by atoms with van der Waals surface area (Å²) in [5.74, 6) is 0.925. The number of Topliss-reactive ketones (excluding diaryl/α,β-unsaturated/α-hetero) is 1. The van der Waals surface area contributed by atoms with Crippen LogP contribution in [-0.2, 0) is 14.3 Å². The van der Waals surface area contributed by atoms with Crippen LogP contribution in [0.15, 0.2) is 58.1 Å². The first-order valence-corrected chi connectivity index (χ1v) is 11.1. The van der Waals surface area contributed by atoms with Crippen LogP contribution in [0.3, 0.4) is 0 Å². The lowest BCUT2D eigenvalue weighted by atomic mass is 9.41. The third-order valence-corrected chi connectivity index (χ3v) is 9.42. The van der Waals surface area contributed by atoms with Gasteiger partial charge in [-0.15, -0.1) is 0 Å². The van der Waals surface area contributed by atoms with Crippen LogP contribution in [-0.4, -0.2) is 18.2 Å². The number of ether oxygens (including phenoxy) is 1. The topological polar surface area (TPSA) is 56.5 Å². The molecule has 1 aromatic rings. The average Bonchev–Trinajstić information content (AvgIpc) is 3.41. The predicted octanol–water partition coefficient (Wildman–Crippen LogP) is 5.13. The number of furan rings is 1. The van der Waals surface area contributed by atoms with Gasteiger partial charge in [0.25, 0.3) is 0 Å². The van der Waals surface area contributed by atoms with Crippen LogP contribution in [0.5, 0.6) is 0 Å². The van der Waals surface area contributed by atoms with Crippen molar-refractivity contribution in [1.29, 1.82) is 0 Å². The molecule has 0 spiro atoms. The smallest absolute Gasteiger partial charge is 0.207 e. The van der Waals surface area contributed by atoms with E-state index in [0.717, 1.165) is 24.8 Å². The van der Waals surface area contributed by atoms with Gasteiger partial charge in [-0.2, -0.15) is 0 Å². The maximum Gasteiger partial charge on any atom is 0.207 e. The van der Waals surface area contributed by atoms with Crippen LogP contribution in [0.4, 0.5) is 0 Å². The molecule has 0 unspecified atom stereocenters. The molecule has 0 bridgehead atoms. The molecule has 6 atom stereocenters. The fourth-order valence-electron chi connectivity index (χ4n) is 7.98. The van der Waals surface area contributed by atoms with Gasteiger partial charge in [0.05, 0.1) is 23.4 Å². The van der Waals surface area contributed by atoms with Crippen molar-refractivity contribution in [2.24, 2.45) is 27.6 Å². The van der Waals surface area contributed by atoms with Gasteiger partial charge in [-0.25, -0.2) is 0 Å². The second kappa shape index (κ2) is 5.27. The van der Waals surface area contributed by atoms with Gasteiger partial charge in [-0.1, -0.05) is 24.6 Å². The van der Waals surface area contributed by atoms with Gasteiger partial charge in [0.1, 0.15) is 6.61 Å². The Morgan fingerprint density at radius 2 is 1.90 bits per heavy atom. The average molecular weight is 405 g/mol. The maximum atomic E-state index is 14.1. The number of hydrogen-bond donors (Lipinski definition) is 0. The highest BCUT2D eigenvalue weighted by atomic mass is 16.5. The van der Waals surface area contributed by atoms with E-state index in [0.29, 0.717) is 18.3 Å². The SMILES string of the molecule is C[C@]12C(=O)C3=C4[C@@](C)(C(=O)C=C[C@]4(C)CO3)[C@@H]1CC[C@@]1(C)C2=CC[C@@H]1c1ccoc1. The molecule has 0 amide bonds. The van der Waals surface area contributed by atoms with E-state index >= 15 is 0 Å². The normalized spacial score (nSPS) is 46.3. The minimum atomic E-state index is -0.717. The zero-order valence-corrected chi connectivity index (χ0v) is 18.1. The van der Waals surface area contributed by atoms with Gasteiger partial charge in [-0.05, 0) is 75.0 Å². The highest BCUT2D eigenvalue weighted by molar-refractivity contribution is 6.09. The van der Waals surface area contributed by atoms with E-state index < -0.39 is 10.8 Å². The Kier molecular flexibility index (Phi) is 3.24. The summed E-state index contributed by atoms with van der Waals surface area (Å²) in [5, 5.41) is 0. The zero-order valence-electron chi connectivity index (χ0n) is 18.1. The van der Waals surface area contributed by atoms with Crippen molar-refractivity contribution in [2.45, 2.75) is 52.9 Å². The summed E-state index contributed by atoms with van der Waals surface area (Å²) in [4.78, 5) is 27.5. The predicted molar refractivity (Wildman–Crippen MR) is 111 cm³/mol. The van der Waals surface area contributed by atoms with Gasteiger partial charge < -0.3 is 9.15 Å². The molecule has 0 radical (unpaired) electrons. The Labute approximate surface area is 177 Å². The van der Waals surface area contributed by atoms with Crippen LogP contribution in [0.1, 0.15) is 58.4 Å². The number of fused-ring (bicyclic) bond motifs is 4. The molecule has 4 aliphatic carbocycles.